The quantitative estimate of drug-likeness (QED) is 0.783. The summed E-state index contributed by atoms with van der Waals surface area (Å²) < 4.78 is 0. The highest BCUT2D eigenvalue weighted by molar-refractivity contribution is 6.07. The van der Waals surface area contributed by atoms with Crippen LogP contribution in [-0.4, -0.2) is 18.2 Å². The van der Waals surface area contributed by atoms with Crippen molar-refractivity contribution >= 4 is 17.4 Å². The van der Waals surface area contributed by atoms with Gasteiger partial charge in [-0.25, -0.2) is 0 Å². The highest BCUT2D eigenvalue weighted by Gasteiger charge is 2.39. The Hall–Kier alpha value is -1.64. The number of benzene rings is 1. The fourth-order valence-corrected chi connectivity index (χ4v) is 3.68. The standard InChI is InChI=1S/C18H23NO2/c1-18(11-5-2-6-12-18)17(21)19-13-7-10-16(20)14-8-3-4-9-15(14)19/h3-4,8-9H,2,5-7,10-13H2,1H3. The Bertz CT molecular complexity index is 558. The van der Waals surface area contributed by atoms with Gasteiger partial charge in [-0.15, -0.1) is 0 Å². The van der Waals surface area contributed by atoms with Gasteiger partial charge in [0.25, 0.3) is 0 Å². The van der Waals surface area contributed by atoms with Gasteiger partial charge in [-0.1, -0.05) is 38.3 Å². The molecule has 1 aliphatic heterocycles. The number of nitrogens with zero attached hydrogens (tertiary/aromatic N) is 1. The van der Waals surface area contributed by atoms with Gasteiger partial charge in [-0.3, -0.25) is 9.59 Å². The lowest BCUT2D eigenvalue weighted by Gasteiger charge is -2.37. The van der Waals surface area contributed by atoms with Gasteiger partial charge in [-0.05, 0) is 31.4 Å². The van der Waals surface area contributed by atoms with E-state index in [-0.39, 0.29) is 17.1 Å². The van der Waals surface area contributed by atoms with Gasteiger partial charge in [0.2, 0.25) is 5.91 Å². The van der Waals surface area contributed by atoms with Crippen molar-refractivity contribution in [3.8, 4) is 0 Å². The number of carbonyl (C=O) groups excluding carboxylic acids is 2. The first kappa shape index (κ1) is 14.3. The van der Waals surface area contributed by atoms with E-state index < -0.39 is 0 Å². The van der Waals surface area contributed by atoms with Crippen molar-refractivity contribution in [2.75, 3.05) is 11.4 Å². The predicted octanol–water partition coefficient (Wildman–Crippen LogP) is 3.97. The molecule has 0 N–H and O–H groups in total. The third-order valence-electron chi connectivity index (χ3n) is 5.00. The monoisotopic (exact) mass is 285 g/mol. The van der Waals surface area contributed by atoms with Crippen LogP contribution in [0.4, 0.5) is 5.69 Å². The van der Waals surface area contributed by atoms with Crippen molar-refractivity contribution in [2.45, 2.75) is 51.9 Å². The first-order chi connectivity index (χ1) is 10.1. The van der Waals surface area contributed by atoms with E-state index in [0.717, 1.165) is 37.8 Å². The Morgan fingerprint density at radius 2 is 1.81 bits per heavy atom. The Morgan fingerprint density at radius 3 is 2.57 bits per heavy atom. The van der Waals surface area contributed by atoms with Crippen molar-refractivity contribution in [3.63, 3.8) is 0 Å². The maximum atomic E-state index is 13.1. The molecule has 3 rings (SSSR count). The summed E-state index contributed by atoms with van der Waals surface area (Å²) in [5, 5.41) is 0. The lowest BCUT2D eigenvalue weighted by atomic mass is 9.74. The first-order valence-electron chi connectivity index (χ1n) is 8.06. The fraction of sp³-hybridized carbons (Fsp3) is 0.556. The van der Waals surface area contributed by atoms with Crippen molar-refractivity contribution < 1.29 is 9.59 Å². The van der Waals surface area contributed by atoms with Crippen LogP contribution in [0.15, 0.2) is 24.3 Å². The van der Waals surface area contributed by atoms with Gasteiger partial charge < -0.3 is 4.90 Å². The van der Waals surface area contributed by atoms with Crippen LogP contribution < -0.4 is 4.90 Å². The number of carbonyl (C=O) groups is 2. The summed E-state index contributed by atoms with van der Waals surface area (Å²) in [5.74, 6) is 0.374. The van der Waals surface area contributed by atoms with Gasteiger partial charge in [0.15, 0.2) is 5.78 Å². The second-order valence-corrected chi connectivity index (χ2v) is 6.62. The summed E-state index contributed by atoms with van der Waals surface area (Å²) in [6, 6.07) is 7.57. The summed E-state index contributed by atoms with van der Waals surface area (Å²) in [6.07, 6.45) is 6.75. The molecule has 1 aliphatic carbocycles. The van der Waals surface area contributed by atoms with Gasteiger partial charge in [0.05, 0.1) is 5.69 Å². The Kier molecular flexibility index (Phi) is 3.83. The number of anilines is 1. The minimum Gasteiger partial charge on any atom is -0.311 e. The molecule has 112 valence electrons. The average Bonchev–Trinajstić information content (AvgIpc) is 2.67. The van der Waals surface area contributed by atoms with Gasteiger partial charge in [-0.2, -0.15) is 0 Å². The third-order valence-corrected chi connectivity index (χ3v) is 5.00. The van der Waals surface area contributed by atoms with Crippen molar-refractivity contribution in [1.82, 2.24) is 0 Å². The second kappa shape index (κ2) is 5.63. The van der Waals surface area contributed by atoms with E-state index in [2.05, 4.69) is 6.92 Å². The van der Waals surface area contributed by atoms with Gasteiger partial charge in [0, 0.05) is 23.9 Å². The molecule has 1 saturated carbocycles. The van der Waals surface area contributed by atoms with Crippen molar-refractivity contribution in [1.29, 1.82) is 0 Å². The average molecular weight is 285 g/mol. The van der Waals surface area contributed by atoms with Crippen molar-refractivity contribution in [2.24, 2.45) is 5.41 Å². The minimum atomic E-state index is -0.251. The topological polar surface area (TPSA) is 37.4 Å². The molecule has 3 heteroatoms. The predicted molar refractivity (Wildman–Crippen MR) is 83.6 cm³/mol. The van der Waals surface area contributed by atoms with Crippen LogP contribution in [0.5, 0.6) is 0 Å². The number of hydrogen-bond donors (Lipinski definition) is 0. The molecule has 3 nitrogen and oxygen atoms in total. The summed E-state index contributed by atoms with van der Waals surface area (Å²) >= 11 is 0. The van der Waals surface area contributed by atoms with E-state index in [0.29, 0.717) is 18.5 Å². The first-order valence-corrected chi connectivity index (χ1v) is 8.06. The van der Waals surface area contributed by atoms with E-state index in [4.69, 9.17) is 0 Å². The zero-order valence-electron chi connectivity index (χ0n) is 12.7. The normalized spacial score (nSPS) is 21.6. The van der Waals surface area contributed by atoms with E-state index in [1.54, 1.807) is 0 Å². The second-order valence-electron chi connectivity index (χ2n) is 6.62. The number of fused-ring (bicyclic) bond motifs is 1. The lowest BCUT2D eigenvalue weighted by Crippen LogP contribution is -2.44. The third kappa shape index (κ3) is 2.61. The number of hydrogen-bond acceptors (Lipinski definition) is 2. The molecule has 0 atom stereocenters. The Morgan fingerprint density at radius 1 is 1.10 bits per heavy atom. The molecule has 0 radical (unpaired) electrons. The molecule has 0 bridgehead atoms. The molecule has 2 aliphatic rings. The molecular weight excluding hydrogens is 262 g/mol. The number of Topliss-reactive ketones (excluding diaryl/α,β-unsaturated/α-hetero) is 1. The molecule has 1 aromatic rings. The maximum absolute atomic E-state index is 13.1. The van der Waals surface area contributed by atoms with E-state index in [9.17, 15) is 9.59 Å². The molecule has 0 spiro atoms. The van der Waals surface area contributed by atoms with Gasteiger partial charge >= 0.3 is 0 Å². The zero-order valence-corrected chi connectivity index (χ0v) is 12.7. The molecule has 0 saturated heterocycles. The highest BCUT2D eigenvalue weighted by atomic mass is 16.2. The summed E-state index contributed by atoms with van der Waals surface area (Å²) in [4.78, 5) is 27.2. The highest BCUT2D eigenvalue weighted by Crippen LogP contribution is 2.39. The number of amides is 1. The minimum absolute atomic E-state index is 0.162. The van der Waals surface area contributed by atoms with E-state index >= 15 is 0 Å². The number of ketones is 1. The smallest absolute Gasteiger partial charge is 0.232 e. The molecule has 0 unspecified atom stereocenters. The van der Waals surface area contributed by atoms with Crippen LogP contribution in [0, 0.1) is 5.41 Å². The fourth-order valence-electron chi connectivity index (χ4n) is 3.68. The molecule has 1 amide bonds. The largest absolute Gasteiger partial charge is 0.311 e. The van der Waals surface area contributed by atoms with Crippen LogP contribution in [0.2, 0.25) is 0 Å². The van der Waals surface area contributed by atoms with Crippen LogP contribution in [0.1, 0.15) is 62.2 Å². The van der Waals surface area contributed by atoms with Crippen LogP contribution in [0.3, 0.4) is 0 Å². The Labute approximate surface area is 126 Å². The van der Waals surface area contributed by atoms with Gasteiger partial charge in [0.1, 0.15) is 0 Å². The summed E-state index contributed by atoms with van der Waals surface area (Å²) in [6.45, 7) is 2.76. The molecule has 0 aromatic heterocycles. The van der Waals surface area contributed by atoms with Crippen LogP contribution >= 0.6 is 0 Å². The zero-order chi connectivity index (χ0) is 14.9. The van der Waals surface area contributed by atoms with Crippen molar-refractivity contribution in [3.05, 3.63) is 29.8 Å². The molecule has 1 heterocycles. The molecule has 1 aromatic carbocycles. The Balaban J connectivity index is 1.96. The number of rotatable bonds is 1. The molecular formula is C18H23NO2. The SMILES string of the molecule is CC1(C(=O)N2CCCC(=O)c3ccccc32)CCCCC1. The van der Waals surface area contributed by atoms with E-state index in [1.807, 2.05) is 29.2 Å². The van der Waals surface area contributed by atoms with Crippen LogP contribution in [0.25, 0.3) is 0 Å². The number of para-hydroxylation sites is 1. The maximum Gasteiger partial charge on any atom is 0.232 e. The summed E-state index contributed by atoms with van der Waals surface area (Å²) in [5.41, 5.74) is 1.28. The van der Waals surface area contributed by atoms with Crippen LogP contribution in [-0.2, 0) is 4.79 Å². The molecule has 1 fully saturated rings. The summed E-state index contributed by atoms with van der Waals surface area (Å²) in [7, 11) is 0. The van der Waals surface area contributed by atoms with E-state index in [1.165, 1.54) is 6.42 Å². The molecule has 21 heavy (non-hydrogen) atoms. The lowest BCUT2D eigenvalue weighted by molar-refractivity contribution is -0.129.